The van der Waals surface area contributed by atoms with E-state index in [-0.39, 0.29) is 6.54 Å². The summed E-state index contributed by atoms with van der Waals surface area (Å²) in [6.07, 6.45) is 0. The van der Waals surface area contributed by atoms with Gasteiger partial charge in [0, 0.05) is 12.3 Å². The van der Waals surface area contributed by atoms with E-state index in [1.807, 2.05) is 13.8 Å². The average molecular weight is 239 g/mol. The molecule has 0 saturated heterocycles. The third-order valence-electron chi connectivity index (χ3n) is 2.22. The van der Waals surface area contributed by atoms with Crippen LogP contribution in [0.1, 0.15) is 16.7 Å². The van der Waals surface area contributed by atoms with E-state index in [2.05, 4.69) is 18.2 Å². The molecule has 1 aromatic carbocycles. The Hall–Kier alpha value is -1.00. The molecule has 3 nitrogen and oxygen atoms in total. The molecule has 0 bridgehead atoms. The molecule has 0 aromatic heterocycles. The maximum absolute atomic E-state index is 10.8. The summed E-state index contributed by atoms with van der Waals surface area (Å²) in [6, 6.07) is 6.26. The third kappa shape index (κ3) is 3.87. The summed E-state index contributed by atoms with van der Waals surface area (Å²) in [7, 11) is 0. The van der Waals surface area contributed by atoms with Crippen LogP contribution in [0.4, 0.5) is 0 Å². The van der Waals surface area contributed by atoms with Crippen LogP contribution >= 0.6 is 11.8 Å². The number of benzene rings is 1. The lowest BCUT2D eigenvalue weighted by Gasteiger charge is -2.10. The summed E-state index contributed by atoms with van der Waals surface area (Å²) < 4.78 is 0. The van der Waals surface area contributed by atoms with Gasteiger partial charge in [0.25, 0.3) is 0 Å². The molecule has 0 saturated carbocycles. The van der Waals surface area contributed by atoms with Crippen molar-refractivity contribution in [1.29, 1.82) is 0 Å². The highest BCUT2D eigenvalue weighted by Crippen LogP contribution is 2.19. The van der Waals surface area contributed by atoms with Gasteiger partial charge in [-0.1, -0.05) is 29.3 Å². The summed E-state index contributed by atoms with van der Waals surface area (Å²) in [5, 5.41) is 8.35. The minimum atomic E-state index is -0.836. The maximum Gasteiger partial charge on any atom is 0.317 e. The number of aryl methyl sites for hydroxylation is 2. The normalized spacial score (nSPS) is 12.4. The van der Waals surface area contributed by atoms with Crippen LogP contribution in [0.25, 0.3) is 0 Å². The Morgan fingerprint density at radius 2 is 1.94 bits per heavy atom. The topological polar surface area (TPSA) is 63.3 Å². The predicted octanol–water partition coefficient (Wildman–Crippen LogP) is 1.95. The molecule has 0 aliphatic carbocycles. The van der Waals surface area contributed by atoms with Gasteiger partial charge in [-0.25, -0.2) is 0 Å². The standard InChI is InChI=1S/C12H17NO2S/c1-8-3-9(2)5-10(4-8)7-16-11(6-13)12(14)15/h3-5,11H,6-7,13H2,1-2H3,(H,14,15). The second kappa shape index (κ2) is 5.92. The Kier molecular flexibility index (Phi) is 4.83. The first-order chi connectivity index (χ1) is 7.52. The number of hydrogen-bond donors (Lipinski definition) is 2. The fourth-order valence-corrected chi connectivity index (χ4v) is 2.43. The average Bonchev–Trinajstić information content (AvgIpc) is 2.16. The maximum atomic E-state index is 10.8. The zero-order valence-corrected chi connectivity index (χ0v) is 10.4. The number of carboxylic acids is 1. The van der Waals surface area contributed by atoms with Gasteiger partial charge in [0.1, 0.15) is 5.25 Å². The Bertz CT molecular complexity index is 359. The van der Waals surface area contributed by atoms with E-state index in [0.29, 0.717) is 5.75 Å². The van der Waals surface area contributed by atoms with E-state index < -0.39 is 11.2 Å². The number of carboxylic acid groups (broad SMARTS) is 1. The van der Waals surface area contributed by atoms with E-state index in [4.69, 9.17) is 10.8 Å². The lowest BCUT2D eigenvalue weighted by Crippen LogP contribution is -2.26. The van der Waals surface area contributed by atoms with Crippen LogP contribution in [-0.2, 0) is 10.5 Å². The van der Waals surface area contributed by atoms with Crippen LogP contribution in [-0.4, -0.2) is 22.9 Å². The Balaban J connectivity index is 2.63. The lowest BCUT2D eigenvalue weighted by atomic mass is 10.1. The van der Waals surface area contributed by atoms with E-state index in [1.54, 1.807) is 0 Å². The Labute approximate surface area is 100 Å². The lowest BCUT2D eigenvalue weighted by molar-refractivity contribution is -0.136. The molecular weight excluding hydrogens is 222 g/mol. The van der Waals surface area contributed by atoms with Gasteiger partial charge in [-0.15, -0.1) is 11.8 Å². The fraction of sp³-hybridized carbons (Fsp3) is 0.417. The van der Waals surface area contributed by atoms with Crippen molar-refractivity contribution in [3.05, 3.63) is 34.9 Å². The minimum Gasteiger partial charge on any atom is -0.480 e. The number of thioether (sulfide) groups is 1. The van der Waals surface area contributed by atoms with Crippen LogP contribution in [0.2, 0.25) is 0 Å². The molecule has 1 aromatic rings. The smallest absolute Gasteiger partial charge is 0.317 e. The first kappa shape index (κ1) is 13.1. The first-order valence-corrected chi connectivity index (χ1v) is 6.19. The van der Waals surface area contributed by atoms with Crippen LogP contribution in [0.5, 0.6) is 0 Å². The van der Waals surface area contributed by atoms with Crippen molar-refractivity contribution in [2.75, 3.05) is 6.54 Å². The van der Waals surface area contributed by atoms with E-state index in [9.17, 15) is 4.79 Å². The molecule has 0 amide bonds. The quantitative estimate of drug-likeness (QED) is 0.824. The molecule has 88 valence electrons. The van der Waals surface area contributed by atoms with Gasteiger partial charge in [0.2, 0.25) is 0 Å². The van der Waals surface area contributed by atoms with Crippen LogP contribution in [0, 0.1) is 13.8 Å². The number of hydrogen-bond acceptors (Lipinski definition) is 3. The van der Waals surface area contributed by atoms with Gasteiger partial charge in [-0.05, 0) is 19.4 Å². The van der Waals surface area contributed by atoms with Crippen LogP contribution in [0.15, 0.2) is 18.2 Å². The molecule has 3 N–H and O–H groups in total. The molecule has 16 heavy (non-hydrogen) atoms. The molecule has 0 heterocycles. The minimum absolute atomic E-state index is 0.171. The highest BCUT2D eigenvalue weighted by Gasteiger charge is 2.15. The summed E-state index contributed by atoms with van der Waals surface area (Å²) in [6.45, 7) is 4.25. The van der Waals surface area contributed by atoms with Crippen LogP contribution < -0.4 is 5.73 Å². The molecule has 0 fully saturated rings. The molecule has 0 spiro atoms. The molecular formula is C12H17NO2S. The zero-order chi connectivity index (χ0) is 12.1. The highest BCUT2D eigenvalue weighted by atomic mass is 32.2. The van der Waals surface area contributed by atoms with Crippen molar-refractivity contribution < 1.29 is 9.90 Å². The number of rotatable bonds is 5. The molecule has 0 aliphatic rings. The summed E-state index contributed by atoms with van der Waals surface area (Å²) in [4.78, 5) is 10.8. The van der Waals surface area contributed by atoms with Gasteiger partial charge < -0.3 is 10.8 Å². The third-order valence-corrected chi connectivity index (χ3v) is 3.52. The molecule has 1 atom stereocenters. The van der Waals surface area contributed by atoms with Crippen molar-refractivity contribution in [2.45, 2.75) is 24.9 Å². The molecule has 1 unspecified atom stereocenters. The molecule has 0 radical (unpaired) electrons. The van der Waals surface area contributed by atoms with E-state index in [0.717, 1.165) is 5.56 Å². The van der Waals surface area contributed by atoms with Gasteiger partial charge in [0.05, 0.1) is 0 Å². The Morgan fingerprint density at radius 3 is 2.38 bits per heavy atom. The summed E-state index contributed by atoms with van der Waals surface area (Å²) in [5.41, 5.74) is 8.96. The van der Waals surface area contributed by atoms with Gasteiger partial charge in [-0.2, -0.15) is 0 Å². The van der Waals surface area contributed by atoms with Crippen molar-refractivity contribution in [3.63, 3.8) is 0 Å². The largest absolute Gasteiger partial charge is 0.480 e. The van der Waals surface area contributed by atoms with E-state index >= 15 is 0 Å². The second-order valence-electron chi connectivity index (χ2n) is 3.87. The SMILES string of the molecule is Cc1cc(C)cc(CSC(CN)C(=O)O)c1. The number of aliphatic carboxylic acids is 1. The zero-order valence-electron chi connectivity index (χ0n) is 9.56. The van der Waals surface area contributed by atoms with Crippen molar-refractivity contribution in [1.82, 2.24) is 0 Å². The fourth-order valence-electron chi connectivity index (χ4n) is 1.59. The predicted molar refractivity (Wildman–Crippen MR) is 67.7 cm³/mol. The highest BCUT2D eigenvalue weighted by molar-refractivity contribution is 7.99. The monoisotopic (exact) mass is 239 g/mol. The summed E-state index contributed by atoms with van der Waals surface area (Å²) in [5.74, 6) is -0.145. The number of nitrogens with two attached hydrogens (primary N) is 1. The van der Waals surface area contributed by atoms with Crippen molar-refractivity contribution in [3.8, 4) is 0 Å². The molecule has 1 rings (SSSR count). The van der Waals surface area contributed by atoms with Crippen molar-refractivity contribution in [2.24, 2.45) is 5.73 Å². The van der Waals surface area contributed by atoms with Gasteiger partial charge >= 0.3 is 5.97 Å². The van der Waals surface area contributed by atoms with Crippen molar-refractivity contribution >= 4 is 17.7 Å². The number of carbonyl (C=O) groups is 1. The van der Waals surface area contributed by atoms with Gasteiger partial charge in [-0.3, -0.25) is 4.79 Å². The van der Waals surface area contributed by atoms with E-state index in [1.165, 1.54) is 22.9 Å². The second-order valence-corrected chi connectivity index (χ2v) is 5.06. The summed E-state index contributed by atoms with van der Waals surface area (Å²) >= 11 is 1.38. The first-order valence-electron chi connectivity index (χ1n) is 5.14. The molecule has 0 aliphatic heterocycles. The Morgan fingerprint density at radius 1 is 1.38 bits per heavy atom. The van der Waals surface area contributed by atoms with Gasteiger partial charge in [0.15, 0.2) is 0 Å². The molecule has 4 heteroatoms. The van der Waals surface area contributed by atoms with Crippen LogP contribution in [0.3, 0.4) is 0 Å².